The van der Waals surface area contributed by atoms with Crippen molar-refractivity contribution in [1.29, 1.82) is 0 Å². The number of sulfonamides is 1. The van der Waals surface area contributed by atoms with Gasteiger partial charge in [-0.05, 0) is 48.9 Å². The molecule has 8 nitrogen and oxygen atoms in total. The molecule has 1 aliphatic rings. The molecule has 0 radical (unpaired) electrons. The van der Waals surface area contributed by atoms with Crippen molar-refractivity contribution in [1.82, 2.24) is 14.9 Å². The van der Waals surface area contributed by atoms with E-state index >= 15 is 0 Å². The molecular weight excluding hydrogens is 428 g/mol. The molecule has 1 aromatic heterocycles. The van der Waals surface area contributed by atoms with E-state index < -0.39 is 28.2 Å². The topological polar surface area (TPSA) is 108 Å². The molecule has 162 valence electrons. The molecule has 3 aromatic rings. The number of likely N-dealkylation sites (tertiary alicyclic amines) is 1. The summed E-state index contributed by atoms with van der Waals surface area (Å²) in [6.07, 6.45) is -1.26. The Kier molecular flexibility index (Phi) is 5.44. The maximum Gasteiger partial charge on any atom is 0.295 e. The first-order chi connectivity index (χ1) is 14.7. The smallest absolute Gasteiger partial charge is 0.295 e. The van der Waals surface area contributed by atoms with Crippen LogP contribution in [0.2, 0.25) is 0 Å². The van der Waals surface area contributed by atoms with Crippen LogP contribution < -0.4 is 5.32 Å². The number of amides is 1. The molecule has 1 aliphatic heterocycles. The number of hydrogen-bond donors (Lipinski definition) is 2. The van der Waals surface area contributed by atoms with Gasteiger partial charge >= 0.3 is 0 Å². The number of benzene rings is 2. The van der Waals surface area contributed by atoms with E-state index in [0.717, 1.165) is 13.0 Å². The number of imidazole rings is 1. The van der Waals surface area contributed by atoms with Crippen LogP contribution in [-0.4, -0.2) is 48.6 Å². The summed E-state index contributed by atoms with van der Waals surface area (Å²) in [6.45, 7) is 0.771. The summed E-state index contributed by atoms with van der Waals surface area (Å²) in [4.78, 5) is 20.6. The molecule has 31 heavy (non-hydrogen) atoms. The average molecular weight is 447 g/mol. The summed E-state index contributed by atoms with van der Waals surface area (Å²) in [5.74, 6) is -0.406. The lowest BCUT2D eigenvalue weighted by Crippen LogP contribution is -2.20. The number of H-pyrrole nitrogens is 1. The van der Waals surface area contributed by atoms with Gasteiger partial charge in [-0.3, -0.25) is 4.79 Å². The fourth-order valence-corrected chi connectivity index (χ4v) is 4.38. The fraction of sp³-hybridized carbons (Fsp3) is 0.250. The summed E-state index contributed by atoms with van der Waals surface area (Å²) >= 11 is 0. The average Bonchev–Trinajstić information content (AvgIpc) is 3.33. The number of hydrogen-bond acceptors (Lipinski definition) is 4. The number of amidine groups is 1. The molecule has 1 amide bonds. The molecule has 0 bridgehead atoms. The zero-order valence-electron chi connectivity index (χ0n) is 16.5. The van der Waals surface area contributed by atoms with Gasteiger partial charge in [0, 0.05) is 31.3 Å². The number of anilines is 1. The molecule has 11 heteroatoms. The number of carbonyl (C=O) groups is 1. The van der Waals surface area contributed by atoms with E-state index in [2.05, 4.69) is 19.7 Å². The number of carbonyl (C=O) groups excluding carboxylic acids is 1. The number of aromatic amines is 1. The molecule has 4 rings (SSSR count). The monoisotopic (exact) mass is 447 g/mol. The van der Waals surface area contributed by atoms with Crippen molar-refractivity contribution in [3.05, 3.63) is 53.9 Å². The predicted octanol–water partition coefficient (Wildman–Crippen LogP) is 3.57. The van der Waals surface area contributed by atoms with Crippen molar-refractivity contribution in [3.63, 3.8) is 0 Å². The minimum Gasteiger partial charge on any atom is -0.362 e. The molecule has 2 N–H and O–H groups in total. The quantitative estimate of drug-likeness (QED) is 0.622. The third-order valence-electron chi connectivity index (χ3n) is 4.94. The lowest BCUT2D eigenvalue weighted by atomic mass is 10.2. The predicted molar refractivity (Wildman–Crippen MR) is 112 cm³/mol. The van der Waals surface area contributed by atoms with Crippen LogP contribution in [-0.2, 0) is 10.0 Å². The van der Waals surface area contributed by atoms with Crippen molar-refractivity contribution >= 4 is 38.5 Å². The zero-order valence-corrected chi connectivity index (χ0v) is 17.3. The highest BCUT2D eigenvalue weighted by atomic mass is 32.2. The number of halogens is 2. The minimum absolute atomic E-state index is 0.0247. The Labute approximate surface area is 177 Å². The molecule has 1 fully saturated rings. The van der Waals surface area contributed by atoms with Gasteiger partial charge in [0.15, 0.2) is 5.82 Å². The van der Waals surface area contributed by atoms with Crippen LogP contribution in [0.5, 0.6) is 0 Å². The van der Waals surface area contributed by atoms with Crippen molar-refractivity contribution in [3.8, 4) is 0 Å². The molecule has 0 unspecified atom stereocenters. The SMILES string of the molecule is CN1CCC/C1=N\S(=O)(=O)c1ccc(NC(=O)c2ccc3nc(C(F)F)[nH]c3c2)cc1. The molecular formula is C20H19F2N5O3S. The van der Waals surface area contributed by atoms with E-state index in [-0.39, 0.29) is 10.5 Å². The Balaban J connectivity index is 1.50. The Bertz CT molecular complexity index is 1270. The summed E-state index contributed by atoms with van der Waals surface area (Å²) in [6, 6.07) is 10.0. The summed E-state index contributed by atoms with van der Waals surface area (Å²) in [5.41, 5.74) is 1.27. The number of nitrogens with zero attached hydrogens (tertiary/aromatic N) is 3. The van der Waals surface area contributed by atoms with Crippen LogP contribution in [0.15, 0.2) is 51.8 Å². The number of aromatic nitrogens is 2. The van der Waals surface area contributed by atoms with Gasteiger partial charge in [0.25, 0.3) is 22.4 Å². The van der Waals surface area contributed by atoms with Crippen LogP contribution in [0, 0.1) is 0 Å². The Morgan fingerprint density at radius 2 is 1.97 bits per heavy atom. The van der Waals surface area contributed by atoms with E-state index in [1.54, 1.807) is 7.05 Å². The first kappa shape index (κ1) is 20.9. The van der Waals surface area contributed by atoms with Gasteiger partial charge in [-0.1, -0.05) is 0 Å². The Morgan fingerprint density at radius 3 is 2.61 bits per heavy atom. The number of alkyl halides is 2. The lowest BCUT2D eigenvalue weighted by molar-refractivity contribution is 0.102. The second-order valence-electron chi connectivity index (χ2n) is 7.14. The summed E-state index contributed by atoms with van der Waals surface area (Å²) < 4.78 is 54.5. The molecule has 2 heterocycles. The highest BCUT2D eigenvalue weighted by molar-refractivity contribution is 7.90. The van der Waals surface area contributed by atoms with Crippen LogP contribution in [0.25, 0.3) is 11.0 Å². The van der Waals surface area contributed by atoms with Crippen LogP contribution in [0.1, 0.15) is 35.4 Å². The number of rotatable bonds is 5. The van der Waals surface area contributed by atoms with Crippen molar-refractivity contribution < 1.29 is 22.0 Å². The molecule has 1 saturated heterocycles. The van der Waals surface area contributed by atoms with E-state index in [0.29, 0.717) is 29.0 Å². The van der Waals surface area contributed by atoms with E-state index in [9.17, 15) is 22.0 Å². The largest absolute Gasteiger partial charge is 0.362 e. The standard InChI is InChI=1S/C20H19F2N5O3S/c1-27-10-2-3-17(27)26-31(29,30)14-7-5-13(6-8-14)23-20(28)12-4-9-15-16(11-12)25-19(24-15)18(21)22/h4-9,11,18H,2-3,10H2,1H3,(H,23,28)(H,24,25)/b26-17+. The zero-order chi connectivity index (χ0) is 22.2. The van der Waals surface area contributed by atoms with Gasteiger partial charge in [0.05, 0.1) is 15.9 Å². The van der Waals surface area contributed by atoms with Crippen LogP contribution in [0.4, 0.5) is 14.5 Å². The second kappa shape index (κ2) is 8.06. The fourth-order valence-electron chi connectivity index (χ4n) is 3.29. The molecule has 0 spiro atoms. The molecule has 0 saturated carbocycles. The second-order valence-corrected chi connectivity index (χ2v) is 8.74. The summed E-state index contributed by atoms with van der Waals surface area (Å²) in [7, 11) is -2.04. The molecule has 0 atom stereocenters. The maximum absolute atomic E-state index is 12.8. The molecule has 2 aromatic carbocycles. The van der Waals surface area contributed by atoms with Crippen molar-refractivity contribution in [2.24, 2.45) is 4.40 Å². The van der Waals surface area contributed by atoms with Gasteiger partial charge in [-0.25, -0.2) is 13.8 Å². The number of nitrogens with one attached hydrogen (secondary N) is 2. The lowest BCUT2D eigenvalue weighted by Gasteiger charge is -2.11. The number of fused-ring (bicyclic) bond motifs is 1. The highest BCUT2D eigenvalue weighted by Gasteiger charge is 2.20. The highest BCUT2D eigenvalue weighted by Crippen LogP contribution is 2.22. The van der Waals surface area contributed by atoms with Gasteiger partial charge in [-0.2, -0.15) is 8.42 Å². The van der Waals surface area contributed by atoms with Crippen molar-refractivity contribution in [2.75, 3.05) is 18.9 Å². The maximum atomic E-state index is 12.8. The van der Waals surface area contributed by atoms with Crippen LogP contribution in [0.3, 0.4) is 0 Å². The third kappa shape index (κ3) is 4.41. The van der Waals surface area contributed by atoms with Crippen molar-refractivity contribution in [2.45, 2.75) is 24.2 Å². The Morgan fingerprint density at radius 1 is 1.23 bits per heavy atom. The van der Waals surface area contributed by atoms with E-state index in [4.69, 9.17) is 0 Å². The van der Waals surface area contributed by atoms with Gasteiger partial charge in [0.1, 0.15) is 5.84 Å². The third-order valence-corrected chi connectivity index (χ3v) is 6.26. The van der Waals surface area contributed by atoms with Gasteiger partial charge < -0.3 is 15.2 Å². The first-order valence-electron chi connectivity index (χ1n) is 9.47. The minimum atomic E-state index is -3.84. The van der Waals surface area contributed by atoms with E-state index in [1.165, 1.54) is 42.5 Å². The van der Waals surface area contributed by atoms with Gasteiger partial charge in [0.2, 0.25) is 0 Å². The van der Waals surface area contributed by atoms with Crippen LogP contribution >= 0.6 is 0 Å². The first-order valence-corrected chi connectivity index (χ1v) is 10.9. The van der Waals surface area contributed by atoms with E-state index in [1.807, 2.05) is 4.90 Å². The normalized spacial score (nSPS) is 15.9. The molecule has 0 aliphatic carbocycles. The Hall–Kier alpha value is -3.34. The van der Waals surface area contributed by atoms with Gasteiger partial charge in [-0.15, -0.1) is 4.40 Å². The summed E-state index contributed by atoms with van der Waals surface area (Å²) in [5, 5.41) is 2.65.